The summed E-state index contributed by atoms with van der Waals surface area (Å²) in [6.07, 6.45) is 1.71. The van der Waals surface area contributed by atoms with E-state index >= 15 is 0 Å². The summed E-state index contributed by atoms with van der Waals surface area (Å²) < 4.78 is 0. The second-order valence-corrected chi connectivity index (χ2v) is 2.84. The lowest BCUT2D eigenvalue weighted by Gasteiger charge is -2.08. The molecule has 1 heterocycles. The van der Waals surface area contributed by atoms with Crippen LogP contribution in [0.2, 0.25) is 0 Å². The zero-order chi connectivity index (χ0) is 8.97. The van der Waals surface area contributed by atoms with Crippen molar-refractivity contribution in [2.75, 3.05) is 0 Å². The minimum absolute atomic E-state index is 0.145. The zero-order valence-electron chi connectivity index (χ0n) is 7.22. The molecule has 1 aromatic rings. The molecular formula is C8H13N3O. The third-order valence-electron chi connectivity index (χ3n) is 1.32. The van der Waals surface area contributed by atoms with Crippen molar-refractivity contribution in [3.8, 4) is 0 Å². The first-order chi connectivity index (χ1) is 5.70. The number of carbonyl (C=O) groups is 1. The van der Waals surface area contributed by atoms with Crippen LogP contribution in [0.3, 0.4) is 0 Å². The smallest absolute Gasteiger partial charge is 0.281 e. The fraction of sp³-hybridized carbons (Fsp3) is 0.375. The van der Waals surface area contributed by atoms with Crippen molar-refractivity contribution >= 4 is 5.91 Å². The van der Waals surface area contributed by atoms with Gasteiger partial charge in [0.25, 0.3) is 5.91 Å². The SMILES string of the molecule is CC(C)NNC(=O)c1ccc[nH]1. The molecule has 66 valence electrons. The van der Waals surface area contributed by atoms with Gasteiger partial charge in [0.15, 0.2) is 0 Å². The molecule has 0 aliphatic rings. The molecule has 0 spiro atoms. The highest BCUT2D eigenvalue weighted by Gasteiger charge is 2.04. The summed E-state index contributed by atoms with van der Waals surface area (Å²) in [6, 6.07) is 3.74. The predicted octanol–water partition coefficient (Wildman–Crippen LogP) is 0.657. The van der Waals surface area contributed by atoms with E-state index in [1.165, 1.54) is 0 Å². The molecule has 0 bridgehead atoms. The molecule has 0 saturated carbocycles. The molecule has 4 nitrogen and oxygen atoms in total. The number of aromatic amines is 1. The monoisotopic (exact) mass is 167 g/mol. The average Bonchev–Trinajstić information content (AvgIpc) is 2.51. The van der Waals surface area contributed by atoms with Crippen LogP contribution in [0.4, 0.5) is 0 Å². The van der Waals surface area contributed by atoms with Gasteiger partial charge in [-0.3, -0.25) is 10.2 Å². The lowest BCUT2D eigenvalue weighted by molar-refractivity contribution is 0.0923. The van der Waals surface area contributed by atoms with E-state index in [0.717, 1.165) is 0 Å². The summed E-state index contributed by atoms with van der Waals surface area (Å²) in [5.41, 5.74) is 5.94. The maximum absolute atomic E-state index is 11.2. The molecule has 12 heavy (non-hydrogen) atoms. The largest absolute Gasteiger partial charge is 0.357 e. The Morgan fingerprint density at radius 2 is 2.33 bits per heavy atom. The second kappa shape index (κ2) is 3.92. The van der Waals surface area contributed by atoms with E-state index in [2.05, 4.69) is 15.8 Å². The molecule has 1 aromatic heterocycles. The Morgan fingerprint density at radius 3 is 2.83 bits per heavy atom. The number of nitrogens with one attached hydrogen (secondary N) is 3. The van der Waals surface area contributed by atoms with Crippen molar-refractivity contribution in [2.45, 2.75) is 19.9 Å². The standard InChI is InChI=1S/C8H13N3O/c1-6(2)10-11-8(12)7-4-3-5-9-7/h3-6,9-10H,1-2H3,(H,11,12). The summed E-state index contributed by atoms with van der Waals surface area (Å²) >= 11 is 0. The van der Waals surface area contributed by atoms with Crippen LogP contribution in [0, 0.1) is 0 Å². The quantitative estimate of drug-likeness (QED) is 0.579. The van der Waals surface area contributed by atoms with Gasteiger partial charge < -0.3 is 4.98 Å². The molecule has 0 aliphatic carbocycles. The Bertz CT molecular complexity index is 241. The van der Waals surface area contributed by atoms with Crippen LogP contribution >= 0.6 is 0 Å². The number of aromatic nitrogens is 1. The summed E-state index contributed by atoms with van der Waals surface area (Å²) in [4.78, 5) is 14.0. The third-order valence-corrected chi connectivity index (χ3v) is 1.32. The maximum atomic E-state index is 11.2. The molecule has 0 radical (unpaired) electrons. The van der Waals surface area contributed by atoms with E-state index in [0.29, 0.717) is 5.69 Å². The van der Waals surface area contributed by atoms with E-state index < -0.39 is 0 Å². The summed E-state index contributed by atoms with van der Waals surface area (Å²) in [5, 5.41) is 0. The minimum atomic E-state index is -0.145. The lowest BCUT2D eigenvalue weighted by atomic mass is 10.4. The molecule has 0 aliphatic heterocycles. The molecule has 0 fully saturated rings. The normalized spacial score (nSPS) is 10.2. The summed E-state index contributed by atoms with van der Waals surface area (Å²) in [7, 11) is 0. The molecule has 1 rings (SSSR count). The van der Waals surface area contributed by atoms with Crippen LogP contribution in [0.5, 0.6) is 0 Å². The van der Waals surface area contributed by atoms with Crippen LogP contribution in [0.25, 0.3) is 0 Å². The van der Waals surface area contributed by atoms with Crippen molar-refractivity contribution < 1.29 is 4.79 Å². The van der Waals surface area contributed by atoms with Gasteiger partial charge in [-0.2, -0.15) is 0 Å². The Morgan fingerprint density at radius 1 is 1.58 bits per heavy atom. The average molecular weight is 167 g/mol. The third kappa shape index (κ3) is 2.39. The van der Waals surface area contributed by atoms with Gasteiger partial charge in [-0.05, 0) is 26.0 Å². The Labute approximate surface area is 71.3 Å². The Hall–Kier alpha value is -1.29. The first-order valence-corrected chi connectivity index (χ1v) is 3.89. The van der Waals surface area contributed by atoms with Crippen LogP contribution in [-0.4, -0.2) is 16.9 Å². The molecule has 0 unspecified atom stereocenters. The highest BCUT2D eigenvalue weighted by molar-refractivity contribution is 5.91. The molecule has 4 heteroatoms. The first-order valence-electron chi connectivity index (χ1n) is 3.89. The molecule has 1 amide bonds. The van der Waals surface area contributed by atoms with E-state index in [-0.39, 0.29) is 11.9 Å². The number of hydrogen-bond acceptors (Lipinski definition) is 2. The van der Waals surface area contributed by atoms with Gasteiger partial charge in [-0.1, -0.05) is 0 Å². The van der Waals surface area contributed by atoms with Gasteiger partial charge in [-0.15, -0.1) is 0 Å². The van der Waals surface area contributed by atoms with E-state index in [1.807, 2.05) is 13.8 Å². The molecule has 0 saturated heterocycles. The first kappa shape index (κ1) is 8.80. The number of amides is 1. The van der Waals surface area contributed by atoms with Gasteiger partial charge >= 0.3 is 0 Å². The maximum Gasteiger partial charge on any atom is 0.281 e. The fourth-order valence-corrected chi connectivity index (χ4v) is 0.749. The highest BCUT2D eigenvalue weighted by Crippen LogP contribution is 1.92. The molecular weight excluding hydrogens is 154 g/mol. The highest BCUT2D eigenvalue weighted by atomic mass is 16.2. The van der Waals surface area contributed by atoms with E-state index in [9.17, 15) is 4.79 Å². The summed E-state index contributed by atoms with van der Waals surface area (Å²) in [5.74, 6) is -0.145. The number of carbonyl (C=O) groups excluding carboxylic acids is 1. The van der Waals surface area contributed by atoms with Crippen LogP contribution in [0.1, 0.15) is 24.3 Å². The second-order valence-electron chi connectivity index (χ2n) is 2.84. The van der Waals surface area contributed by atoms with E-state index in [4.69, 9.17) is 0 Å². The minimum Gasteiger partial charge on any atom is -0.357 e. The van der Waals surface area contributed by atoms with Crippen molar-refractivity contribution in [3.63, 3.8) is 0 Å². The topological polar surface area (TPSA) is 56.9 Å². The molecule has 0 aromatic carbocycles. The molecule has 3 N–H and O–H groups in total. The van der Waals surface area contributed by atoms with Gasteiger partial charge in [0.05, 0.1) is 0 Å². The number of hydrogen-bond donors (Lipinski definition) is 3. The number of rotatable bonds is 3. The number of hydrazine groups is 1. The van der Waals surface area contributed by atoms with Crippen molar-refractivity contribution in [1.29, 1.82) is 0 Å². The molecule has 0 atom stereocenters. The van der Waals surface area contributed by atoms with Gasteiger partial charge in [0, 0.05) is 12.2 Å². The zero-order valence-corrected chi connectivity index (χ0v) is 7.22. The van der Waals surface area contributed by atoms with Gasteiger partial charge in [-0.25, -0.2) is 5.43 Å². The van der Waals surface area contributed by atoms with Crippen molar-refractivity contribution in [3.05, 3.63) is 24.0 Å². The lowest BCUT2D eigenvalue weighted by Crippen LogP contribution is -2.41. The van der Waals surface area contributed by atoms with Crippen LogP contribution < -0.4 is 10.9 Å². The summed E-state index contributed by atoms with van der Waals surface area (Å²) in [6.45, 7) is 3.91. The van der Waals surface area contributed by atoms with Crippen LogP contribution in [0.15, 0.2) is 18.3 Å². The Balaban J connectivity index is 2.40. The van der Waals surface area contributed by atoms with Gasteiger partial charge in [0.1, 0.15) is 5.69 Å². The predicted molar refractivity (Wildman–Crippen MR) is 46.5 cm³/mol. The van der Waals surface area contributed by atoms with Crippen molar-refractivity contribution in [1.82, 2.24) is 15.8 Å². The van der Waals surface area contributed by atoms with Crippen LogP contribution in [-0.2, 0) is 0 Å². The number of H-pyrrole nitrogens is 1. The fourth-order valence-electron chi connectivity index (χ4n) is 0.749. The van der Waals surface area contributed by atoms with Gasteiger partial charge in [0.2, 0.25) is 0 Å². The Kier molecular flexibility index (Phi) is 2.88. The van der Waals surface area contributed by atoms with Crippen molar-refractivity contribution in [2.24, 2.45) is 0 Å². The van der Waals surface area contributed by atoms with E-state index in [1.54, 1.807) is 18.3 Å².